The topological polar surface area (TPSA) is 63.2 Å². The van der Waals surface area contributed by atoms with Crippen LogP contribution in [0.1, 0.15) is 0 Å². The van der Waals surface area contributed by atoms with E-state index in [0.29, 0.717) is 0 Å². The Labute approximate surface area is 116 Å². The Balaban J connectivity index is 2.11. The number of hydrogen-bond acceptors (Lipinski definition) is 3. The van der Waals surface area contributed by atoms with Gasteiger partial charge in [-0.05, 0) is 24.3 Å². The van der Waals surface area contributed by atoms with Crippen molar-refractivity contribution < 1.29 is 17.6 Å². The van der Waals surface area contributed by atoms with E-state index >= 15 is 0 Å². The number of amides is 1. The number of sulfone groups is 1. The molecule has 0 fully saturated rings. The zero-order valence-corrected chi connectivity index (χ0v) is 11.2. The van der Waals surface area contributed by atoms with Crippen molar-refractivity contribution in [2.24, 2.45) is 0 Å². The maximum absolute atomic E-state index is 13.3. The maximum atomic E-state index is 13.3. The predicted molar refractivity (Wildman–Crippen MR) is 73.5 cm³/mol. The third kappa shape index (κ3) is 3.42. The molecular formula is C14H12FNO3S. The van der Waals surface area contributed by atoms with Crippen LogP contribution in [0, 0.1) is 5.82 Å². The zero-order chi connectivity index (χ0) is 14.6. The van der Waals surface area contributed by atoms with Gasteiger partial charge < -0.3 is 5.32 Å². The minimum Gasteiger partial charge on any atom is -0.323 e. The Bertz CT molecular complexity index is 714. The molecule has 0 unspecified atom stereocenters. The van der Waals surface area contributed by atoms with E-state index in [-0.39, 0.29) is 10.6 Å². The molecule has 0 bridgehead atoms. The van der Waals surface area contributed by atoms with Crippen molar-refractivity contribution in [1.29, 1.82) is 0 Å². The van der Waals surface area contributed by atoms with Crippen LogP contribution in [0.25, 0.3) is 0 Å². The van der Waals surface area contributed by atoms with E-state index in [1.807, 2.05) is 0 Å². The van der Waals surface area contributed by atoms with Gasteiger partial charge >= 0.3 is 0 Å². The molecule has 0 saturated heterocycles. The fraction of sp³-hybridized carbons (Fsp3) is 0.0714. The molecule has 20 heavy (non-hydrogen) atoms. The molecule has 0 atom stereocenters. The lowest BCUT2D eigenvalue weighted by Gasteiger charge is -2.07. The Morgan fingerprint density at radius 2 is 1.60 bits per heavy atom. The van der Waals surface area contributed by atoms with Gasteiger partial charge in [0.15, 0.2) is 9.84 Å². The van der Waals surface area contributed by atoms with Gasteiger partial charge in [-0.1, -0.05) is 30.3 Å². The van der Waals surface area contributed by atoms with Gasteiger partial charge in [-0.15, -0.1) is 0 Å². The first kappa shape index (κ1) is 14.2. The van der Waals surface area contributed by atoms with Crippen LogP contribution < -0.4 is 5.32 Å². The number of rotatable bonds is 4. The largest absolute Gasteiger partial charge is 0.323 e. The molecule has 4 nitrogen and oxygen atoms in total. The highest BCUT2D eigenvalue weighted by atomic mass is 32.2. The van der Waals surface area contributed by atoms with Crippen LogP contribution >= 0.6 is 0 Å². The number of carbonyl (C=O) groups excluding carboxylic acids is 1. The summed E-state index contributed by atoms with van der Waals surface area (Å²) in [5.41, 5.74) is -0.0410. The molecule has 104 valence electrons. The summed E-state index contributed by atoms with van der Waals surface area (Å²) in [7, 11) is -3.73. The van der Waals surface area contributed by atoms with Crippen LogP contribution in [-0.2, 0) is 14.6 Å². The summed E-state index contributed by atoms with van der Waals surface area (Å²) >= 11 is 0. The van der Waals surface area contributed by atoms with E-state index < -0.39 is 27.3 Å². The van der Waals surface area contributed by atoms with Crippen molar-refractivity contribution in [2.75, 3.05) is 11.1 Å². The van der Waals surface area contributed by atoms with Crippen LogP contribution in [0.15, 0.2) is 59.5 Å². The maximum Gasteiger partial charge on any atom is 0.240 e. The van der Waals surface area contributed by atoms with Gasteiger partial charge in [0.1, 0.15) is 11.6 Å². The first-order valence-corrected chi connectivity index (χ1v) is 7.46. The highest BCUT2D eigenvalue weighted by molar-refractivity contribution is 7.92. The molecule has 0 saturated carbocycles. The van der Waals surface area contributed by atoms with Crippen molar-refractivity contribution >= 4 is 21.4 Å². The molecule has 2 aromatic rings. The Kier molecular flexibility index (Phi) is 4.14. The van der Waals surface area contributed by atoms with E-state index in [1.54, 1.807) is 24.3 Å². The van der Waals surface area contributed by atoms with Crippen molar-refractivity contribution in [1.82, 2.24) is 0 Å². The van der Waals surface area contributed by atoms with E-state index in [0.717, 1.165) is 0 Å². The number of para-hydroxylation sites is 1. The summed E-state index contributed by atoms with van der Waals surface area (Å²) in [5, 5.41) is 2.24. The lowest BCUT2D eigenvalue weighted by atomic mass is 10.3. The van der Waals surface area contributed by atoms with Crippen molar-refractivity contribution in [3.8, 4) is 0 Å². The average Bonchev–Trinajstić information content (AvgIpc) is 2.42. The number of benzene rings is 2. The number of carbonyl (C=O) groups is 1. The summed E-state index contributed by atoms with van der Waals surface area (Å²) in [6, 6.07) is 13.2. The summed E-state index contributed by atoms with van der Waals surface area (Å²) in [4.78, 5) is 11.8. The molecule has 6 heteroatoms. The zero-order valence-electron chi connectivity index (χ0n) is 10.4. The van der Waals surface area contributed by atoms with Gasteiger partial charge in [0, 0.05) is 0 Å². The summed E-state index contributed by atoms with van der Waals surface area (Å²) in [6.45, 7) is 0. The quantitative estimate of drug-likeness (QED) is 0.940. The van der Waals surface area contributed by atoms with Crippen LogP contribution in [0.2, 0.25) is 0 Å². The van der Waals surface area contributed by atoms with E-state index in [1.165, 1.54) is 30.3 Å². The molecule has 1 amide bonds. The monoisotopic (exact) mass is 293 g/mol. The van der Waals surface area contributed by atoms with Crippen molar-refractivity contribution in [3.05, 3.63) is 60.4 Å². The van der Waals surface area contributed by atoms with Gasteiger partial charge in [0.05, 0.1) is 10.6 Å². The lowest BCUT2D eigenvalue weighted by Crippen LogP contribution is -2.23. The summed E-state index contributed by atoms with van der Waals surface area (Å²) in [5.74, 6) is -2.12. The Morgan fingerprint density at radius 1 is 1.00 bits per heavy atom. The molecule has 0 heterocycles. The van der Waals surface area contributed by atoms with E-state index in [2.05, 4.69) is 5.32 Å². The molecule has 2 rings (SSSR count). The molecule has 0 radical (unpaired) electrons. The van der Waals surface area contributed by atoms with E-state index in [9.17, 15) is 17.6 Å². The summed E-state index contributed by atoms with van der Waals surface area (Å²) in [6.07, 6.45) is 0. The molecule has 1 N–H and O–H groups in total. The van der Waals surface area contributed by atoms with Crippen LogP contribution in [0.3, 0.4) is 0 Å². The van der Waals surface area contributed by atoms with Crippen LogP contribution in [0.4, 0.5) is 10.1 Å². The normalized spacial score (nSPS) is 11.1. The van der Waals surface area contributed by atoms with Gasteiger partial charge in [0.2, 0.25) is 5.91 Å². The van der Waals surface area contributed by atoms with Crippen molar-refractivity contribution in [2.45, 2.75) is 4.90 Å². The average molecular weight is 293 g/mol. The summed E-state index contributed by atoms with van der Waals surface area (Å²) < 4.78 is 37.3. The molecule has 0 spiro atoms. The molecule has 2 aromatic carbocycles. The number of halogens is 1. The molecular weight excluding hydrogens is 281 g/mol. The number of hydrogen-bond donors (Lipinski definition) is 1. The predicted octanol–water partition coefficient (Wildman–Crippen LogP) is 2.24. The third-order valence-corrected chi connectivity index (χ3v) is 4.20. The van der Waals surface area contributed by atoms with Gasteiger partial charge in [-0.25, -0.2) is 12.8 Å². The second-order valence-corrected chi connectivity index (χ2v) is 6.09. The van der Waals surface area contributed by atoms with Gasteiger partial charge in [-0.3, -0.25) is 4.79 Å². The molecule has 0 aromatic heterocycles. The second-order valence-electron chi connectivity index (χ2n) is 4.10. The van der Waals surface area contributed by atoms with Crippen molar-refractivity contribution in [3.63, 3.8) is 0 Å². The first-order chi connectivity index (χ1) is 9.49. The lowest BCUT2D eigenvalue weighted by molar-refractivity contribution is -0.113. The SMILES string of the molecule is O=C(CS(=O)(=O)c1ccccc1)Nc1ccccc1F. The van der Waals surface area contributed by atoms with Gasteiger partial charge in [-0.2, -0.15) is 0 Å². The number of anilines is 1. The second kappa shape index (κ2) is 5.83. The molecule has 0 aliphatic rings. The number of nitrogens with one attached hydrogen (secondary N) is 1. The van der Waals surface area contributed by atoms with E-state index in [4.69, 9.17) is 0 Å². The Morgan fingerprint density at radius 3 is 2.25 bits per heavy atom. The van der Waals surface area contributed by atoms with Gasteiger partial charge in [0.25, 0.3) is 0 Å². The Hall–Kier alpha value is -2.21. The fourth-order valence-corrected chi connectivity index (χ4v) is 2.79. The highest BCUT2D eigenvalue weighted by Crippen LogP contribution is 2.14. The minimum atomic E-state index is -3.73. The molecule has 0 aliphatic heterocycles. The smallest absolute Gasteiger partial charge is 0.240 e. The highest BCUT2D eigenvalue weighted by Gasteiger charge is 2.19. The standard InChI is InChI=1S/C14H12FNO3S/c15-12-8-4-5-9-13(12)16-14(17)10-20(18,19)11-6-2-1-3-7-11/h1-9H,10H2,(H,16,17). The van der Waals surface area contributed by atoms with Crippen LogP contribution in [0.5, 0.6) is 0 Å². The minimum absolute atomic E-state index is 0.0410. The third-order valence-electron chi connectivity index (χ3n) is 2.57. The fourth-order valence-electron chi connectivity index (χ4n) is 1.63. The molecule has 0 aliphatic carbocycles. The first-order valence-electron chi connectivity index (χ1n) is 5.81. The van der Waals surface area contributed by atoms with Crippen LogP contribution in [-0.4, -0.2) is 20.1 Å².